The van der Waals surface area contributed by atoms with Gasteiger partial charge in [-0.25, -0.2) is 26.4 Å². The van der Waals surface area contributed by atoms with Crippen molar-refractivity contribution in [2.75, 3.05) is 35.9 Å². The first-order valence-electron chi connectivity index (χ1n) is 13.8. The number of fused-ring (bicyclic) bond motifs is 1. The van der Waals surface area contributed by atoms with Crippen molar-refractivity contribution in [1.29, 1.82) is 0 Å². The van der Waals surface area contributed by atoms with Crippen LogP contribution in [0.3, 0.4) is 0 Å². The quantitative estimate of drug-likeness (QED) is 0.146. The number of hydrogen-bond donors (Lipinski definition) is 5. The summed E-state index contributed by atoms with van der Waals surface area (Å²) < 4.78 is 55.1. The molecule has 0 bridgehead atoms. The Morgan fingerprint density at radius 1 is 1.06 bits per heavy atom. The van der Waals surface area contributed by atoms with Crippen LogP contribution in [0.15, 0.2) is 36.4 Å². The molecule has 0 aromatic heterocycles. The number of benzene rings is 2. The average molecular weight is 695 g/mol. The zero-order valence-electron chi connectivity index (χ0n) is 25.1. The maximum atomic E-state index is 13.8. The van der Waals surface area contributed by atoms with Gasteiger partial charge in [-0.3, -0.25) is 19.3 Å². The van der Waals surface area contributed by atoms with Crippen LogP contribution in [0.5, 0.6) is 11.5 Å². The van der Waals surface area contributed by atoms with Crippen molar-refractivity contribution < 1.29 is 60.7 Å². The molecule has 47 heavy (non-hydrogen) atoms. The van der Waals surface area contributed by atoms with Crippen LogP contribution in [0.1, 0.15) is 34.5 Å². The van der Waals surface area contributed by atoms with Crippen molar-refractivity contribution >= 4 is 62.6 Å². The van der Waals surface area contributed by atoms with Gasteiger partial charge in [0.2, 0.25) is 26.0 Å². The zero-order valence-corrected chi connectivity index (χ0v) is 26.7. The number of para-hydroxylation sites is 1. The van der Waals surface area contributed by atoms with E-state index < -0.39 is 80.3 Å². The second-order valence-corrected chi connectivity index (χ2v) is 14.5. The minimum atomic E-state index is -4.58. The molecule has 2 atom stereocenters. The van der Waals surface area contributed by atoms with Gasteiger partial charge >= 0.3 is 30.9 Å². The molecular weight excluding hydrogens is 665 g/mol. The Morgan fingerprint density at radius 2 is 1.72 bits per heavy atom. The molecule has 2 heterocycles. The van der Waals surface area contributed by atoms with Crippen LogP contribution in [-0.4, -0.2) is 117 Å². The number of nitrogens with zero attached hydrogens (tertiary/aromatic N) is 3. The van der Waals surface area contributed by atoms with Crippen LogP contribution in [0, 0.1) is 0 Å². The summed E-state index contributed by atoms with van der Waals surface area (Å²) in [5, 5.41) is 35.3. The topological polar surface area (TPSA) is 257 Å². The standard InChI is InChI=1S/C26H30BN5O13S2/c1-4-30-10-11-31(24(36)23(30)35)26(39)29-20(14-8-9-18(33)17(12-14)32(46(2,41)42)47(3,43)44)22(34)28-19-13-15-6-5-7-16(25(37)38)21(15)45-27(19)40/h5-9,12,19-20,33,40H,4,10-11,13H2,1-3H3,(H,28,34)(H,29,39)(H,37,38)/t19-,20?/m0/s1. The van der Waals surface area contributed by atoms with E-state index in [-0.39, 0.29) is 46.6 Å². The second kappa shape index (κ2) is 13.1. The number of aromatic carboxylic acids is 1. The van der Waals surface area contributed by atoms with Crippen molar-refractivity contribution in [3.63, 3.8) is 0 Å². The molecule has 5 amide bonds. The number of likely N-dealkylation sites (N-methyl/N-ethyl adjacent to an activating group) is 1. The molecule has 2 aromatic carbocycles. The summed E-state index contributed by atoms with van der Waals surface area (Å²) in [6.45, 7) is 1.58. The number of carbonyl (C=O) groups is 5. The third kappa shape index (κ3) is 7.26. The third-order valence-corrected chi connectivity index (χ3v) is 10.5. The first kappa shape index (κ1) is 35.0. The number of piperazine rings is 1. The molecule has 2 aromatic rings. The van der Waals surface area contributed by atoms with Crippen LogP contribution in [-0.2, 0) is 40.9 Å². The number of hydrogen-bond acceptors (Lipinski definition) is 12. The molecule has 4 rings (SSSR count). The van der Waals surface area contributed by atoms with E-state index >= 15 is 0 Å². The number of sulfonamides is 2. The molecule has 21 heteroatoms. The largest absolute Gasteiger partial charge is 0.547 e. The third-order valence-electron chi connectivity index (χ3n) is 7.27. The highest BCUT2D eigenvalue weighted by Crippen LogP contribution is 2.35. The van der Waals surface area contributed by atoms with Crippen LogP contribution >= 0.6 is 0 Å². The summed E-state index contributed by atoms with van der Waals surface area (Å²) in [6.07, 6.45) is 0.971. The lowest BCUT2D eigenvalue weighted by Gasteiger charge is -2.33. The van der Waals surface area contributed by atoms with Crippen LogP contribution in [0.25, 0.3) is 0 Å². The molecule has 2 aliphatic rings. The molecular formula is C26H30BN5O13S2. The number of carboxylic acid groups (broad SMARTS) is 1. The maximum absolute atomic E-state index is 13.8. The second-order valence-electron chi connectivity index (χ2n) is 10.6. The Balaban J connectivity index is 1.73. The number of amides is 5. The molecule has 2 aliphatic heterocycles. The highest BCUT2D eigenvalue weighted by atomic mass is 32.3. The van der Waals surface area contributed by atoms with Crippen molar-refractivity contribution in [3.05, 3.63) is 53.1 Å². The van der Waals surface area contributed by atoms with Gasteiger partial charge < -0.3 is 35.4 Å². The van der Waals surface area contributed by atoms with Crippen molar-refractivity contribution in [2.24, 2.45) is 0 Å². The lowest BCUT2D eigenvalue weighted by atomic mass is 9.72. The summed E-state index contributed by atoms with van der Waals surface area (Å²) in [4.78, 5) is 65.6. The average Bonchev–Trinajstić information content (AvgIpc) is 2.96. The maximum Gasteiger partial charge on any atom is 0.547 e. The Kier molecular flexibility index (Phi) is 9.74. The van der Waals surface area contributed by atoms with Gasteiger partial charge in [0, 0.05) is 19.6 Å². The first-order valence-corrected chi connectivity index (χ1v) is 17.5. The van der Waals surface area contributed by atoms with Gasteiger partial charge in [0.25, 0.3) is 0 Å². The van der Waals surface area contributed by atoms with Gasteiger partial charge in [-0.1, -0.05) is 18.2 Å². The van der Waals surface area contributed by atoms with E-state index in [2.05, 4.69) is 10.6 Å². The summed E-state index contributed by atoms with van der Waals surface area (Å²) in [7, 11) is -10.9. The molecule has 0 spiro atoms. The number of aromatic hydroxyl groups is 1. The number of urea groups is 1. The van der Waals surface area contributed by atoms with E-state index in [0.717, 1.165) is 18.2 Å². The molecule has 5 N–H and O–H groups in total. The lowest BCUT2D eigenvalue weighted by molar-refractivity contribution is -0.153. The highest BCUT2D eigenvalue weighted by Gasteiger charge is 2.41. The molecule has 1 unspecified atom stereocenters. The van der Waals surface area contributed by atoms with E-state index in [0.29, 0.717) is 23.0 Å². The predicted molar refractivity (Wildman–Crippen MR) is 163 cm³/mol. The minimum absolute atomic E-state index is 0.00423. The molecule has 252 valence electrons. The van der Waals surface area contributed by atoms with Crippen molar-refractivity contribution in [3.8, 4) is 11.5 Å². The van der Waals surface area contributed by atoms with E-state index in [1.807, 2.05) is 0 Å². The zero-order chi connectivity index (χ0) is 35.0. The molecule has 0 saturated carbocycles. The SMILES string of the molecule is CCN1CCN(C(=O)NC(C(=O)N[C@H]2Cc3cccc(C(=O)O)c3OB2O)c2ccc(O)c(N(S(C)(=O)=O)S(C)(=O)=O)c2)C(=O)C1=O. The van der Waals surface area contributed by atoms with E-state index in [9.17, 15) is 56.0 Å². The fourth-order valence-corrected chi connectivity index (χ4v) is 8.10. The fraction of sp³-hybridized carbons (Fsp3) is 0.346. The van der Waals surface area contributed by atoms with Gasteiger partial charge in [0.05, 0.1) is 24.0 Å². The van der Waals surface area contributed by atoms with Crippen molar-refractivity contribution in [2.45, 2.75) is 25.3 Å². The van der Waals surface area contributed by atoms with Gasteiger partial charge in [-0.15, -0.1) is 0 Å². The number of carboxylic acids is 1. The molecule has 1 fully saturated rings. The number of nitrogens with one attached hydrogen (secondary N) is 2. The molecule has 0 aliphatic carbocycles. The highest BCUT2D eigenvalue weighted by molar-refractivity contribution is 8.09. The Labute approximate surface area is 269 Å². The Hall–Kier alpha value is -4.89. The normalized spacial score (nSPS) is 17.4. The number of phenolic OH excluding ortho intramolecular Hbond substituents is 1. The van der Waals surface area contributed by atoms with Gasteiger partial charge in [0.15, 0.2) is 0 Å². The number of phenols is 1. The Morgan fingerprint density at radius 3 is 2.32 bits per heavy atom. The monoisotopic (exact) mass is 695 g/mol. The van der Waals surface area contributed by atoms with Crippen LogP contribution < -0.4 is 19.0 Å². The summed E-state index contributed by atoms with van der Waals surface area (Å²) in [6, 6.07) is 3.86. The minimum Gasteiger partial charge on any atom is -0.534 e. The predicted octanol–water partition coefficient (Wildman–Crippen LogP) is -1.60. The van der Waals surface area contributed by atoms with E-state index in [1.54, 1.807) is 6.92 Å². The number of carbonyl (C=O) groups excluding carboxylic acids is 4. The number of rotatable bonds is 9. The van der Waals surface area contributed by atoms with Crippen LogP contribution in [0.4, 0.5) is 10.5 Å². The van der Waals surface area contributed by atoms with E-state index in [4.69, 9.17) is 4.65 Å². The smallest absolute Gasteiger partial charge is 0.534 e. The first-order chi connectivity index (χ1) is 21.8. The molecule has 0 radical (unpaired) electrons. The van der Waals surface area contributed by atoms with Gasteiger partial charge in [-0.05, 0) is 42.7 Å². The summed E-state index contributed by atoms with van der Waals surface area (Å²) in [5.41, 5.74) is -1.01. The summed E-state index contributed by atoms with van der Waals surface area (Å²) >= 11 is 0. The molecule has 1 saturated heterocycles. The fourth-order valence-electron chi connectivity index (χ4n) is 5.12. The Bertz CT molecular complexity index is 1840. The lowest BCUT2D eigenvalue weighted by Crippen LogP contribution is -2.60. The number of imide groups is 1. The number of anilines is 1. The van der Waals surface area contributed by atoms with Crippen LogP contribution in [0.2, 0.25) is 0 Å². The van der Waals surface area contributed by atoms with Gasteiger partial charge in [0.1, 0.15) is 23.2 Å². The van der Waals surface area contributed by atoms with Crippen molar-refractivity contribution in [1.82, 2.24) is 20.4 Å². The molecule has 18 nitrogen and oxygen atoms in total. The van der Waals surface area contributed by atoms with E-state index in [1.165, 1.54) is 23.1 Å². The van der Waals surface area contributed by atoms with Gasteiger partial charge in [-0.2, -0.15) is 3.71 Å². The summed E-state index contributed by atoms with van der Waals surface area (Å²) in [5.74, 6) is -6.77.